The van der Waals surface area contributed by atoms with Crippen LogP contribution in [0.25, 0.3) is 16.9 Å². The number of hydrogen-bond donors (Lipinski definition) is 1. The molecule has 0 fully saturated rings. The molecule has 6 nitrogen and oxygen atoms in total. The fourth-order valence-corrected chi connectivity index (χ4v) is 3.96. The number of rotatable bonds is 5. The molecule has 2 heterocycles. The highest BCUT2D eigenvalue weighted by atomic mass is 35.5. The zero-order chi connectivity index (χ0) is 22.9. The second-order valence-electron chi connectivity index (χ2n) is 6.49. The average Bonchev–Trinajstić information content (AvgIpc) is 3.41. The monoisotopic (exact) mass is 478 g/mol. The highest BCUT2D eigenvalue weighted by molar-refractivity contribution is 7.14. The van der Waals surface area contributed by atoms with Crippen LogP contribution in [-0.4, -0.2) is 27.8 Å². The Balaban J connectivity index is 1.66. The van der Waals surface area contributed by atoms with Crippen LogP contribution in [0.4, 0.5) is 18.3 Å². The van der Waals surface area contributed by atoms with E-state index in [0.717, 1.165) is 17.5 Å². The summed E-state index contributed by atoms with van der Waals surface area (Å²) in [7, 11) is 1.52. The molecule has 0 spiro atoms. The maximum atomic E-state index is 13.8. The first kappa shape index (κ1) is 21.8. The van der Waals surface area contributed by atoms with Crippen molar-refractivity contribution in [1.82, 2.24) is 14.8 Å². The minimum Gasteiger partial charge on any atom is -0.496 e. The van der Waals surface area contributed by atoms with Crippen molar-refractivity contribution in [2.75, 3.05) is 12.4 Å². The summed E-state index contributed by atoms with van der Waals surface area (Å²) >= 11 is 6.98. The van der Waals surface area contributed by atoms with Crippen LogP contribution in [0, 0.1) is 0 Å². The molecule has 2 aromatic heterocycles. The number of benzene rings is 2. The van der Waals surface area contributed by atoms with Crippen LogP contribution >= 0.6 is 22.9 Å². The van der Waals surface area contributed by atoms with Crippen molar-refractivity contribution >= 4 is 34.0 Å². The molecule has 4 rings (SSSR count). The number of aromatic nitrogens is 3. The van der Waals surface area contributed by atoms with Gasteiger partial charge in [0.2, 0.25) is 0 Å². The predicted molar refractivity (Wildman–Crippen MR) is 116 cm³/mol. The van der Waals surface area contributed by atoms with Gasteiger partial charge in [0.1, 0.15) is 5.75 Å². The second kappa shape index (κ2) is 8.64. The summed E-state index contributed by atoms with van der Waals surface area (Å²) in [6, 6.07) is 12.9. The first-order chi connectivity index (χ1) is 15.3. The molecule has 0 unspecified atom stereocenters. The summed E-state index contributed by atoms with van der Waals surface area (Å²) < 4.78 is 47.4. The van der Waals surface area contributed by atoms with Crippen molar-refractivity contribution in [2.45, 2.75) is 6.18 Å². The van der Waals surface area contributed by atoms with Crippen LogP contribution in [-0.2, 0) is 6.18 Å². The van der Waals surface area contributed by atoms with Crippen LogP contribution in [0.5, 0.6) is 5.75 Å². The minimum absolute atomic E-state index is 0.0802. The number of hydrogen-bond acceptors (Lipinski definition) is 5. The molecule has 0 radical (unpaired) electrons. The van der Waals surface area contributed by atoms with E-state index in [2.05, 4.69) is 15.4 Å². The topological polar surface area (TPSA) is 69.0 Å². The molecule has 2 aromatic carbocycles. The normalized spacial score (nSPS) is 11.4. The number of carbonyl (C=O) groups excluding carboxylic acids is 1. The Morgan fingerprint density at radius 3 is 2.69 bits per heavy atom. The lowest BCUT2D eigenvalue weighted by Gasteiger charge is -2.12. The first-order valence-electron chi connectivity index (χ1n) is 9.09. The van der Waals surface area contributed by atoms with Gasteiger partial charge in [-0.25, -0.2) is 9.67 Å². The molecule has 0 saturated heterocycles. The lowest BCUT2D eigenvalue weighted by molar-refractivity contribution is -0.143. The van der Waals surface area contributed by atoms with E-state index < -0.39 is 23.3 Å². The van der Waals surface area contributed by atoms with E-state index in [4.69, 9.17) is 16.3 Å². The zero-order valence-corrected chi connectivity index (χ0v) is 17.9. The summed E-state index contributed by atoms with van der Waals surface area (Å²) in [6.07, 6.45) is -3.97. The number of ether oxygens (including phenoxy) is 1. The smallest absolute Gasteiger partial charge is 0.434 e. The molecule has 4 aromatic rings. The van der Waals surface area contributed by atoms with Crippen LogP contribution in [0.1, 0.15) is 16.1 Å². The number of carbonyl (C=O) groups is 1. The van der Waals surface area contributed by atoms with Crippen LogP contribution in [0.15, 0.2) is 60.1 Å². The first-order valence-corrected chi connectivity index (χ1v) is 10.3. The Morgan fingerprint density at radius 2 is 1.97 bits per heavy atom. The third-order valence-electron chi connectivity index (χ3n) is 4.44. The van der Waals surface area contributed by atoms with E-state index >= 15 is 0 Å². The highest BCUT2D eigenvalue weighted by Crippen LogP contribution is 2.35. The molecule has 1 amide bonds. The number of alkyl halides is 3. The Bertz CT molecular complexity index is 1290. The van der Waals surface area contributed by atoms with E-state index in [1.54, 1.807) is 29.6 Å². The third kappa shape index (κ3) is 4.32. The van der Waals surface area contributed by atoms with Gasteiger partial charge in [0, 0.05) is 16.0 Å². The summed E-state index contributed by atoms with van der Waals surface area (Å²) in [4.78, 5) is 17.0. The van der Waals surface area contributed by atoms with Crippen LogP contribution < -0.4 is 10.1 Å². The molecular formula is C21H14ClF3N4O2S. The lowest BCUT2D eigenvalue weighted by Crippen LogP contribution is -2.20. The molecule has 0 atom stereocenters. The van der Waals surface area contributed by atoms with Crippen molar-refractivity contribution in [3.63, 3.8) is 0 Å². The highest BCUT2D eigenvalue weighted by Gasteiger charge is 2.40. The SMILES string of the molecule is COc1ccccc1-c1csc(NC(=O)c2cnn(-c3cccc(Cl)c3)c2C(F)(F)F)n1. The second-order valence-corrected chi connectivity index (χ2v) is 7.78. The van der Waals surface area contributed by atoms with Crippen molar-refractivity contribution in [3.05, 3.63) is 76.4 Å². The van der Waals surface area contributed by atoms with Gasteiger partial charge in [-0.1, -0.05) is 29.8 Å². The molecule has 0 saturated carbocycles. The van der Waals surface area contributed by atoms with Gasteiger partial charge in [0.05, 0.1) is 30.3 Å². The molecule has 0 bridgehead atoms. The fraction of sp³-hybridized carbons (Fsp3) is 0.0952. The zero-order valence-electron chi connectivity index (χ0n) is 16.4. The van der Waals surface area contributed by atoms with Gasteiger partial charge in [0.15, 0.2) is 10.8 Å². The van der Waals surface area contributed by atoms with E-state index in [-0.39, 0.29) is 15.8 Å². The molecule has 164 valence electrons. The van der Waals surface area contributed by atoms with Gasteiger partial charge in [-0.15, -0.1) is 11.3 Å². The molecule has 0 aliphatic rings. The summed E-state index contributed by atoms with van der Waals surface area (Å²) in [5.74, 6) is -0.399. The van der Waals surface area contributed by atoms with Gasteiger partial charge in [-0.05, 0) is 30.3 Å². The molecule has 1 N–H and O–H groups in total. The largest absolute Gasteiger partial charge is 0.496 e. The number of nitrogens with one attached hydrogen (secondary N) is 1. The number of nitrogens with zero attached hydrogens (tertiary/aromatic N) is 3. The van der Waals surface area contributed by atoms with Gasteiger partial charge in [0.25, 0.3) is 5.91 Å². The lowest BCUT2D eigenvalue weighted by atomic mass is 10.1. The van der Waals surface area contributed by atoms with Gasteiger partial charge in [-0.2, -0.15) is 18.3 Å². The average molecular weight is 479 g/mol. The number of para-hydroxylation sites is 1. The Labute approximate surface area is 189 Å². The van der Waals surface area contributed by atoms with Crippen LogP contribution in [0.2, 0.25) is 5.02 Å². The number of anilines is 1. The molecular weight excluding hydrogens is 465 g/mol. The van der Waals surface area contributed by atoms with Gasteiger partial charge >= 0.3 is 6.18 Å². The summed E-state index contributed by atoms with van der Waals surface area (Å²) in [6.45, 7) is 0. The van der Waals surface area contributed by atoms with E-state index in [9.17, 15) is 18.0 Å². The quantitative estimate of drug-likeness (QED) is 0.386. The Morgan fingerprint density at radius 1 is 1.19 bits per heavy atom. The molecule has 0 aliphatic carbocycles. The predicted octanol–water partition coefficient (Wildman–Crippen LogP) is 5.93. The van der Waals surface area contributed by atoms with Crippen LogP contribution in [0.3, 0.4) is 0 Å². The maximum absolute atomic E-state index is 13.8. The fourth-order valence-electron chi connectivity index (χ4n) is 3.07. The van der Waals surface area contributed by atoms with Gasteiger partial charge < -0.3 is 4.74 Å². The third-order valence-corrected chi connectivity index (χ3v) is 5.44. The van der Waals surface area contributed by atoms with E-state index in [0.29, 0.717) is 21.7 Å². The molecule has 11 heteroatoms. The number of halogens is 4. The number of methoxy groups -OCH3 is 1. The Hall–Kier alpha value is -3.37. The minimum atomic E-state index is -4.84. The van der Waals surface area contributed by atoms with Gasteiger partial charge in [-0.3, -0.25) is 10.1 Å². The summed E-state index contributed by atoms with van der Waals surface area (Å²) in [5, 5.41) is 8.25. The van der Waals surface area contributed by atoms with E-state index in [1.165, 1.54) is 31.4 Å². The van der Waals surface area contributed by atoms with Crippen molar-refractivity contribution < 1.29 is 22.7 Å². The summed E-state index contributed by atoms with van der Waals surface area (Å²) in [5.41, 5.74) is -0.549. The molecule has 0 aliphatic heterocycles. The maximum Gasteiger partial charge on any atom is 0.434 e. The van der Waals surface area contributed by atoms with E-state index in [1.807, 2.05) is 0 Å². The number of amides is 1. The number of thiazole rings is 1. The molecule has 32 heavy (non-hydrogen) atoms. The van der Waals surface area contributed by atoms with Crippen molar-refractivity contribution in [2.24, 2.45) is 0 Å². The van der Waals surface area contributed by atoms with Crippen molar-refractivity contribution in [3.8, 4) is 22.7 Å². The van der Waals surface area contributed by atoms with Crippen molar-refractivity contribution in [1.29, 1.82) is 0 Å². The Kier molecular flexibility index (Phi) is 5.90. The standard InChI is InChI=1S/C21H14ClF3N4O2S/c1-31-17-8-3-2-7-14(17)16-11-32-20(27-16)28-19(30)15-10-26-29(18(15)21(23,24)25)13-6-4-5-12(22)9-13/h2-11H,1H3,(H,27,28,30).